The van der Waals surface area contributed by atoms with E-state index in [2.05, 4.69) is 0 Å². The molecule has 0 aliphatic carbocycles. The molecular formula is C19H28CaClNO9. The number of carbonyl (C=O) groups is 2. The Kier molecular flexibility index (Phi) is 17.9. The minimum Gasteiger partial charge on any atom is -1.00 e. The van der Waals surface area contributed by atoms with Crippen molar-refractivity contribution in [2.75, 3.05) is 7.11 Å². The number of hydrogen-bond donors (Lipinski definition) is 1. The molecule has 12 heteroatoms. The van der Waals surface area contributed by atoms with Crippen LogP contribution in [0.15, 0.2) is 42.5 Å². The largest absolute Gasteiger partial charge is 2.00 e. The number of rotatable bonds is 4. The number of methoxy groups -OCH3 is 1. The van der Waals surface area contributed by atoms with Crippen molar-refractivity contribution in [3.8, 4) is 5.75 Å². The van der Waals surface area contributed by atoms with Gasteiger partial charge in [-0.1, -0.05) is 11.6 Å². The fraction of sp³-hybridized carbons (Fsp3) is 0.158. The number of carbonyl (C=O) groups excluding carboxylic acids is 1. The molecular weight excluding hydrogens is 462 g/mol. The molecule has 0 saturated carbocycles. The quantitative estimate of drug-likeness (QED) is 0.484. The summed E-state index contributed by atoms with van der Waals surface area (Å²) in [5.41, 5.74) is 2.32. The number of carboxylic acids is 1. The molecule has 11 N–H and O–H groups in total. The van der Waals surface area contributed by atoms with E-state index in [1.807, 2.05) is 0 Å². The zero-order valence-electron chi connectivity index (χ0n) is 19.0. The van der Waals surface area contributed by atoms with E-state index >= 15 is 0 Å². The van der Waals surface area contributed by atoms with E-state index in [0.29, 0.717) is 38.5 Å². The predicted octanol–water partition coefficient (Wildman–Crippen LogP) is -0.352. The summed E-state index contributed by atoms with van der Waals surface area (Å²) in [7, 11) is 1.54. The third-order valence-corrected chi connectivity index (χ3v) is 4.42. The summed E-state index contributed by atoms with van der Waals surface area (Å²) in [6, 6.07) is 11.9. The normalized spacial score (nSPS) is 8.74. The molecule has 0 fully saturated rings. The van der Waals surface area contributed by atoms with Gasteiger partial charge >= 0.3 is 43.7 Å². The van der Waals surface area contributed by atoms with Crippen LogP contribution in [0.4, 0.5) is 0 Å². The first-order valence-electron chi connectivity index (χ1n) is 7.62. The first-order valence-corrected chi connectivity index (χ1v) is 8.00. The van der Waals surface area contributed by atoms with Crippen molar-refractivity contribution >= 4 is 72.1 Å². The fourth-order valence-electron chi connectivity index (χ4n) is 2.95. The van der Waals surface area contributed by atoms with E-state index < -0.39 is 5.97 Å². The summed E-state index contributed by atoms with van der Waals surface area (Å²) in [6.07, 6.45) is -0.170. The molecule has 0 aliphatic rings. The smallest absolute Gasteiger partial charge is 1.00 e. The van der Waals surface area contributed by atoms with Crippen LogP contribution in [0.2, 0.25) is 5.02 Å². The second kappa shape index (κ2) is 15.1. The molecule has 0 aliphatic heterocycles. The maximum atomic E-state index is 13.0. The van der Waals surface area contributed by atoms with Gasteiger partial charge in [-0.3, -0.25) is 14.2 Å². The number of halogens is 1. The molecule has 2 aromatic carbocycles. The zero-order valence-corrected chi connectivity index (χ0v) is 19.9. The number of carboxylic acid groups (broad SMARTS) is 1. The standard InChI is InChI=1S/C19H16ClNO4.Ca.5H2O.2H/c1-11-15(10-18(22)23)16-9-14(25-2)7-8-17(16)21(11)19(24)12-3-5-13(20)6-4-12;;;;;;;;/h3-9H,10H2,1-2H3,(H,22,23);;5*1H2;;/q;+2;;;;;;2*-1. The molecule has 0 bridgehead atoms. The molecule has 10 nitrogen and oxygen atoms in total. The van der Waals surface area contributed by atoms with Crippen LogP contribution in [0.25, 0.3) is 10.9 Å². The molecule has 0 radical (unpaired) electrons. The van der Waals surface area contributed by atoms with Crippen molar-refractivity contribution in [2.45, 2.75) is 13.3 Å². The van der Waals surface area contributed by atoms with Gasteiger partial charge in [-0.15, -0.1) is 0 Å². The molecule has 31 heavy (non-hydrogen) atoms. The van der Waals surface area contributed by atoms with Gasteiger partial charge in [-0.2, -0.15) is 0 Å². The van der Waals surface area contributed by atoms with Gasteiger partial charge in [0.25, 0.3) is 5.91 Å². The molecule has 0 spiro atoms. The van der Waals surface area contributed by atoms with Gasteiger partial charge in [0.15, 0.2) is 0 Å². The zero-order chi connectivity index (χ0) is 18.1. The number of aromatic nitrogens is 1. The summed E-state index contributed by atoms with van der Waals surface area (Å²) >= 11 is 5.89. The van der Waals surface area contributed by atoms with Crippen LogP contribution in [0.5, 0.6) is 5.75 Å². The van der Waals surface area contributed by atoms with Crippen LogP contribution in [0, 0.1) is 6.92 Å². The second-order valence-corrected chi connectivity index (χ2v) is 6.10. The average molecular weight is 490 g/mol. The number of aliphatic carboxylic acids is 1. The topological polar surface area (TPSA) is 226 Å². The third kappa shape index (κ3) is 7.42. The van der Waals surface area contributed by atoms with Crippen LogP contribution in [-0.2, 0) is 11.2 Å². The van der Waals surface area contributed by atoms with E-state index in [-0.39, 0.29) is 80.3 Å². The van der Waals surface area contributed by atoms with Gasteiger partial charge in [0.2, 0.25) is 0 Å². The van der Waals surface area contributed by atoms with E-state index in [1.165, 1.54) is 4.57 Å². The molecule has 172 valence electrons. The Labute approximate surface area is 215 Å². The minimum atomic E-state index is -0.955. The van der Waals surface area contributed by atoms with Gasteiger partial charge in [0.1, 0.15) is 5.75 Å². The number of nitrogens with zero attached hydrogens (tertiary/aromatic N) is 1. The summed E-state index contributed by atoms with van der Waals surface area (Å²) in [5, 5.41) is 10.5. The molecule has 0 unspecified atom stereocenters. The van der Waals surface area contributed by atoms with E-state index in [9.17, 15) is 14.7 Å². The summed E-state index contributed by atoms with van der Waals surface area (Å²) in [5.74, 6) is -0.583. The Morgan fingerprint density at radius 1 is 1.03 bits per heavy atom. The van der Waals surface area contributed by atoms with Crippen molar-refractivity contribution < 1.29 is 49.7 Å². The maximum absolute atomic E-state index is 13.0. The monoisotopic (exact) mass is 489 g/mol. The van der Waals surface area contributed by atoms with Crippen molar-refractivity contribution in [3.63, 3.8) is 0 Å². The molecule has 0 amide bonds. The van der Waals surface area contributed by atoms with Gasteiger partial charge in [-0.05, 0) is 55.0 Å². The maximum Gasteiger partial charge on any atom is 2.00 e. The Morgan fingerprint density at radius 2 is 1.58 bits per heavy atom. The van der Waals surface area contributed by atoms with Crippen molar-refractivity contribution in [1.82, 2.24) is 4.57 Å². The minimum absolute atomic E-state index is 0. The molecule has 0 saturated heterocycles. The summed E-state index contributed by atoms with van der Waals surface area (Å²) in [6.45, 7) is 1.75. The Morgan fingerprint density at radius 3 is 2.06 bits per heavy atom. The molecule has 1 aromatic heterocycles. The van der Waals surface area contributed by atoms with Crippen LogP contribution in [-0.4, -0.2) is 93.8 Å². The van der Waals surface area contributed by atoms with Crippen molar-refractivity contribution in [3.05, 3.63) is 64.3 Å². The Hall–Kier alpha value is -1.73. The summed E-state index contributed by atoms with van der Waals surface area (Å²) in [4.78, 5) is 24.3. The molecule has 1 heterocycles. The number of hydrogen-bond acceptors (Lipinski definition) is 3. The van der Waals surface area contributed by atoms with Gasteiger partial charge in [-0.25, -0.2) is 0 Å². The van der Waals surface area contributed by atoms with E-state index in [4.69, 9.17) is 16.3 Å². The first-order chi connectivity index (χ1) is 11.9. The van der Waals surface area contributed by atoms with Crippen LogP contribution in [0.3, 0.4) is 0 Å². The Bertz CT molecular complexity index is 1000. The number of fused-ring (bicyclic) bond motifs is 1. The van der Waals surface area contributed by atoms with Crippen molar-refractivity contribution in [2.24, 2.45) is 0 Å². The third-order valence-electron chi connectivity index (χ3n) is 4.16. The SMILES string of the molecule is COc1ccc2c(c1)c(CC(=O)O)c(C)n2C(=O)c1ccc(Cl)cc1.O.O.O.O.O.[Ca+2].[H-].[H-]. The van der Waals surface area contributed by atoms with Crippen LogP contribution in [0.1, 0.15) is 24.5 Å². The predicted molar refractivity (Wildman–Crippen MR) is 122 cm³/mol. The number of ether oxygens (including phenoxy) is 1. The summed E-state index contributed by atoms with van der Waals surface area (Å²) < 4.78 is 6.77. The molecule has 3 rings (SSSR count). The van der Waals surface area contributed by atoms with Crippen molar-refractivity contribution in [1.29, 1.82) is 0 Å². The first kappa shape index (κ1) is 36.6. The average Bonchev–Trinajstić information content (AvgIpc) is 2.86. The van der Waals surface area contributed by atoms with Gasteiger partial charge in [0.05, 0.1) is 19.0 Å². The second-order valence-electron chi connectivity index (χ2n) is 5.67. The fourth-order valence-corrected chi connectivity index (χ4v) is 3.07. The van der Waals surface area contributed by atoms with Gasteiger partial charge < -0.3 is 40.1 Å². The molecule has 3 aromatic rings. The van der Waals surface area contributed by atoms with E-state index in [0.717, 1.165) is 0 Å². The van der Waals surface area contributed by atoms with Crippen LogP contribution < -0.4 is 4.74 Å². The number of benzene rings is 2. The Balaban J connectivity index is -0.000000228. The van der Waals surface area contributed by atoms with Gasteiger partial charge in [0, 0.05) is 21.7 Å². The molecule has 0 atom stereocenters. The van der Waals surface area contributed by atoms with E-state index in [1.54, 1.807) is 56.5 Å². The van der Waals surface area contributed by atoms with Crippen LogP contribution >= 0.6 is 11.6 Å².